The Kier molecular flexibility index (Phi) is 6.49. The van der Waals surface area contributed by atoms with E-state index in [1.54, 1.807) is 7.11 Å². The predicted molar refractivity (Wildman–Crippen MR) is 95.2 cm³/mol. The molecule has 1 aromatic rings. The van der Waals surface area contributed by atoms with E-state index in [0.29, 0.717) is 18.9 Å². The average Bonchev–Trinajstić information content (AvgIpc) is 2.57. The summed E-state index contributed by atoms with van der Waals surface area (Å²) in [5.74, 6) is 1.36. The van der Waals surface area contributed by atoms with Gasteiger partial charge in [-0.2, -0.15) is 0 Å². The maximum absolute atomic E-state index is 12.5. The summed E-state index contributed by atoms with van der Waals surface area (Å²) in [6, 6.07) is 5.76. The fourth-order valence-electron chi connectivity index (χ4n) is 3.25. The zero-order chi connectivity index (χ0) is 17.6. The molecule has 1 aliphatic rings. The monoisotopic (exact) mass is 334 g/mol. The Balaban J connectivity index is 1.97. The van der Waals surface area contributed by atoms with E-state index in [1.807, 2.05) is 25.1 Å². The third kappa shape index (κ3) is 4.63. The maximum atomic E-state index is 12.5. The van der Waals surface area contributed by atoms with Gasteiger partial charge in [-0.1, -0.05) is 25.8 Å². The van der Waals surface area contributed by atoms with Crippen molar-refractivity contribution in [1.82, 2.24) is 5.32 Å². The number of hydrogen-bond donors (Lipinski definition) is 2. The highest BCUT2D eigenvalue weighted by Crippen LogP contribution is 2.32. The van der Waals surface area contributed by atoms with E-state index in [1.165, 1.54) is 0 Å². The second-order valence-electron chi connectivity index (χ2n) is 6.86. The minimum atomic E-state index is -0.405. The van der Waals surface area contributed by atoms with Crippen LogP contribution in [0.25, 0.3) is 0 Å². The number of benzene rings is 1. The van der Waals surface area contributed by atoms with Crippen LogP contribution in [0.4, 0.5) is 0 Å². The molecule has 2 rings (SSSR count). The van der Waals surface area contributed by atoms with Gasteiger partial charge in [0.15, 0.2) is 11.5 Å². The number of nitrogens with two attached hydrogens (primary N) is 1. The van der Waals surface area contributed by atoms with Crippen molar-refractivity contribution in [3.8, 4) is 11.5 Å². The van der Waals surface area contributed by atoms with Gasteiger partial charge >= 0.3 is 0 Å². The lowest BCUT2D eigenvalue weighted by molar-refractivity contribution is -0.128. The van der Waals surface area contributed by atoms with Gasteiger partial charge in [0.25, 0.3) is 0 Å². The fraction of sp³-hybridized carbons (Fsp3) is 0.632. The van der Waals surface area contributed by atoms with Crippen LogP contribution in [0.15, 0.2) is 18.2 Å². The molecule has 1 amide bonds. The highest BCUT2D eigenvalue weighted by Gasteiger charge is 2.37. The Bertz CT molecular complexity index is 558. The number of methoxy groups -OCH3 is 1. The van der Waals surface area contributed by atoms with E-state index in [2.05, 4.69) is 12.2 Å². The number of amides is 1. The number of nitrogens with one attached hydrogen (secondary N) is 1. The molecule has 134 valence electrons. The Morgan fingerprint density at radius 1 is 1.38 bits per heavy atom. The molecule has 5 heteroatoms. The standard InChI is InChI=1S/C19H30N2O3/c1-4-11-24-16-9-8-14(12-17(16)23-3)13-21-18(22)15-7-5-6-10-19(15,2)20/h8-9,12,15H,4-7,10-11,13,20H2,1-3H3,(H,21,22). The van der Waals surface area contributed by atoms with E-state index in [0.717, 1.165) is 43.4 Å². The van der Waals surface area contributed by atoms with Crippen LogP contribution in [0.2, 0.25) is 0 Å². The number of carbonyl (C=O) groups excluding carboxylic acids is 1. The largest absolute Gasteiger partial charge is 0.493 e. The van der Waals surface area contributed by atoms with Crippen molar-refractivity contribution in [1.29, 1.82) is 0 Å². The first kappa shape index (κ1) is 18.6. The minimum absolute atomic E-state index is 0.0463. The van der Waals surface area contributed by atoms with E-state index in [9.17, 15) is 4.79 Å². The molecule has 0 spiro atoms. The molecule has 24 heavy (non-hydrogen) atoms. The number of rotatable bonds is 7. The SMILES string of the molecule is CCCOc1ccc(CNC(=O)C2CCCCC2(C)N)cc1OC. The summed E-state index contributed by atoms with van der Waals surface area (Å²) in [5.41, 5.74) is 6.89. The van der Waals surface area contributed by atoms with Crippen LogP contribution in [0.3, 0.4) is 0 Å². The third-order valence-corrected chi connectivity index (χ3v) is 4.73. The molecule has 0 aliphatic heterocycles. The quantitative estimate of drug-likeness (QED) is 0.804. The lowest BCUT2D eigenvalue weighted by Gasteiger charge is -2.37. The molecule has 0 saturated heterocycles. The van der Waals surface area contributed by atoms with Crippen molar-refractivity contribution in [3.05, 3.63) is 23.8 Å². The normalized spacial score (nSPS) is 23.6. The molecule has 0 aromatic heterocycles. The zero-order valence-electron chi connectivity index (χ0n) is 15.1. The molecular weight excluding hydrogens is 304 g/mol. The molecule has 1 aliphatic carbocycles. The molecule has 2 unspecified atom stereocenters. The first-order chi connectivity index (χ1) is 11.5. The molecule has 0 radical (unpaired) electrons. The van der Waals surface area contributed by atoms with E-state index < -0.39 is 5.54 Å². The summed E-state index contributed by atoms with van der Waals surface area (Å²) in [6.07, 6.45) is 4.89. The molecule has 1 fully saturated rings. The number of carbonyl (C=O) groups is 1. The van der Waals surface area contributed by atoms with Gasteiger partial charge in [0.2, 0.25) is 5.91 Å². The maximum Gasteiger partial charge on any atom is 0.225 e. The first-order valence-electron chi connectivity index (χ1n) is 8.84. The van der Waals surface area contributed by atoms with Crippen molar-refractivity contribution >= 4 is 5.91 Å². The van der Waals surface area contributed by atoms with Gasteiger partial charge in [-0.05, 0) is 43.9 Å². The summed E-state index contributed by atoms with van der Waals surface area (Å²) in [4.78, 5) is 12.5. The van der Waals surface area contributed by atoms with Crippen LogP contribution in [0.5, 0.6) is 11.5 Å². The summed E-state index contributed by atoms with van der Waals surface area (Å²) in [6.45, 7) is 5.17. The molecule has 1 aromatic carbocycles. The molecule has 5 nitrogen and oxygen atoms in total. The van der Waals surface area contributed by atoms with E-state index >= 15 is 0 Å². The zero-order valence-corrected chi connectivity index (χ0v) is 15.1. The van der Waals surface area contributed by atoms with Crippen LogP contribution in [0, 0.1) is 5.92 Å². The van der Waals surface area contributed by atoms with Crippen molar-refractivity contribution in [2.24, 2.45) is 11.7 Å². The summed E-state index contributed by atoms with van der Waals surface area (Å²) >= 11 is 0. The first-order valence-corrected chi connectivity index (χ1v) is 8.84. The molecule has 0 heterocycles. The Morgan fingerprint density at radius 3 is 2.83 bits per heavy atom. The fourth-order valence-corrected chi connectivity index (χ4v) is 3.25. The van der Waals surface area contributed by atoms with Crippen molar-refractivity contribution in [2.45, 2.75) is 58.0 Å². The van der Waals surface area contributed by atoms with Crippen molar-refractivity contribution in [3.63, 3.8) is 0 Å². The summed E-state index contributed by atoms with van der Waals surface area (Å²) in [5, 5.41) is 3.02. The van der Waals surface area contributed by atoms with Crippen LogP contribution in [-0.4, -0.2) is 25.2 Å². The van der Waals surface area contributed by atoms with Crippen LogP contribution >= 0.6 is 0 Å². The van der Waals surface area contributed by atoms with Gasteiger partial charge < -0.3 is 20.5 Å². The molecule has 1 saturated carbocycles. The van der Waals surface area contributed by atoms with E-state index in [-0.39, 0.29) is 11.8 Å². The highest BCUT2D eigenvalue weighted by atomic mass is 16.5. The second kappa shape index (κ2) is 8.38. The lowest BCUT2D eigenvalue weighted by Crippen LogP contribution is -2.52. The Morgan fingerprint density at radius 2 is 2.17 bits per heavy atom. The van der Waals surface area contributed by atoms with Crippen molar-refractivity contribution in [2.75, 3.05) is 13.7 Å². The highest BCUT2D eigenvalue weighted by molar-refractivity contribution is 5.80. The molecule has 3 N–H and O–H groups in total. The van der Waals surface area contributed by atoms with Gasteiger partial charge in [0.1, 0.15) is 0 Å². The van der Waals surface area contributed by atoms with Gasteiger partial charge in [0.05, 0.1) is 19.6 Å². The Labute approximate surface area is 144 Å². The van der Waals surface area contributed by atoms with Gasteiger partial charge in [-0.3, -0.25) is 4.79 Å². The van der Waals surface area contributed by atoms with E-state index in [4.69, 9.17) is 15.2 Å². The lowest BCUT2D eigenvalue weighted by atomic mass is 9.74. The van der Waals surface area contributed by atoms with Gasteiger partial charge in [0, 0.05) is 12.1 Å². The van der Waals surface area contributed by atoms with Crippen LogP contribution in [-0.2, 0) is 11.3 Å². The topological polar surface area (TPSA) is 73.6 Å². The average molecular weight is 334 g/mol. The number of hydrogen-bond acceptors (Lipinski definition) is 4. The third-order valence-electron chi connectivity index (χ3n) is 4.73. The molecule has 2 atom stereocenters. The van der Waals surface area contributed by atoms with Gasteiger partial charge in [-0.15, -0.1) is 0 Å². The van der Waals surface area contributed by atoms with Crippen molar-refractivity contribution < 1.29 is 14.3 Å². The number of ether oxygens (including phenoxy) is 2. The van der Waals surface area contributed by atoms with Gasteiger partial charge in [-0.25, -0.2) is 0 Å². The second-order valence-corrected chi connectivity index (χ2v) is 6.86. The molecule has 0 bridgehead atoms. The smallest absolute Gasteiger partial charge is 0.225 e. The van der Waals surface area contributed by atoms with Crippen LogP contribution < -0.4 is 20.5 Å². The van der Waals surface area contributed by atoms with Crippen LogP contribution in [0.1, 0.15) is 51.5 Å². The predicted octanol–water partition coefficient (Wildman–Crippen LogP) is 3.01. The molecular formula is C19H30N2O3. The summed E-state index contributed by atoms with van der Waals surface area (Å²) in [7, 11) is 1.62. The minimum Gasteiger partial charge on any atom is -0.493 e. The Hall–Kier alpha value is -1.75. The summed E-state index contributed by atoms with van der Waals surface area (Å²) < 4.78 is 11.0.